The molecule has 1 heterocycles. The van der Waals surface area contributed by atoms with Crippen molar-refractivity contribution in [2.24, 2.45) is 0 Å². The fourth-order valence-electron chi connectivity index (χ4n) is 2.76. The molecule has 4 heteroatoms. The smallest absolute Gasteiger partial charge is 0.166 e. The third-order valence-electron chi connectivity index (χ3n) is 3.89. The van der Waals surface area contributed by atoms with Gasteiger partial charge in [0.05, 0.1) is 0 Å². The molecule has 3 aromatic rings. The molecule has 0 aliphatic carbocycles. The van der Waals surface area contributed by atoms with Gasteiger partial charge >= 0.3 is 0 Å². The van der Waals surface area contributed by atoms with Gasteiger partial charge in [0.2, 0.25) is 0 Å². The van der Waals surface area contributed by atoms with E-state index in [9.17, 15) is 0 Å². The van der Waals surface area contributed by atoms with Crippen molar-refractivity contribution in [2.45, 2.75) is 5.92 Å². The van der Waals surface area contributed by atoms with E-state index in [0.29, 0.717) is 5.11 Å². The summed E-state index contributed by atoms with van der Waals surface area (Å²) in [5.41, 5.74) is 3.72. The van der Waals surface area contributed by atoms with Gasteiger partial charge in [0.1, 0.15) is 0 Å². The molecule has 0 aliphatic rings. The summed E-state index contributed by atoms with van der Waals surface area (Å²) < 4.78 is 0. The Kier molecular flexibility index (Phi) is 4.39. The van der Waals surface area contributed by atoms with Gasteiger partial charge in [-0.1, -0.05) is 48.5 Å². The number of H-pyrrole nitrogens is 1. The lowest BCUT2D eigenvalue weighted by atomic mass is 9.91. The molecule has 0 fully saturated rings. The number of nitrogens with one attached hydrogen (secondary N) is 3. The van der Waals surface area contributed by atoms with Crippen molar-refractivity contribution in [1.82, 2.24) is 15.6 Å². The highest BCUT2D eigenvalue weighted by Crippen LogP contribution is 2.30. The summed E-state index contributed by atoms with van der Waals surface area (Å²) in [6, 6.07) is 18.9. The normalized spacial score (nSPS) is 12.0. The molecule has 1 aromatic heterocycles. The molecule has 112 valence electrons. The van der Waals surface area contributed by atoms with Crippen molar-refractivity contribution in [3.63, 3.8) is 0 Å². The molecule has 22 heavy (non-hydrogen) atoms. The van der Waals surface area contributed by atoms with Gasteiger partial charge in [0, 0.05) is 36.6 Å². The van der Waals surface area contributed by atoms with Crippen molar-refractivity contribution in [3.8, 4) is 0 Å². The van der Waals surface area contributed by atoms with Gasteiger partial charge in [-0.25, -0.2) is 0 Å². The average molecular weight is 309 g/mol. The van der Waals surface area contributed by atoms with Gasteiger partial charge in [-0.2, -0.15) is 0 Å². The van der Waals surface area contributed by atoms with Crippen molar-refractivity contribution in [3.05, 3.63) is 71.9 Å². The maximum Gasteiger partial charge on any atom is 0.166 e. The zero-order chi connectivity index (χ0) is 15.4. The first-order chi connectivity index (χ1) is 10.8. The van der Waals surface area contributed by atoms with Crippen LogP contribution < -0.4 is 10.6 Å². The Morgan fingerprint density at radius 1 is 1.09 bits per heavy atom. The predicted octanol–water partition coefficient (Wildman–Crippen LogP) is 3.39. The topological polar surface area (TPSA) is 39.8 Å². The Morgan fingerprint density at radius 3 is 2.59 bits per heavy atom. The van der Waals surface area contributed by atoms with Gasteiger partial charge in [0.15, 0.2) is 5.11 Å². The van der Waals surface area contributed by atoms with Crippen LogP contribution in [-0.4, -0.2) is 23.7 Å². The first-order valence-corrected chi connectivity index (χ1v) is 7.77. The molecule has 0 bridgehead atoms. The number of thiocarbonyl (C=S) groups is 1. The van der Waals surface area contributed by atoms with Crippen molar-refractivity contribution >= 4 is 28.2 Å². The lowest BCUT2D eigenvalue weighted by Crippen LogP contribution is -2.35. The molecule has 0 unspecified atom stereocenters. The zero-order valence-corrected chi connectivity index (χ0v) is 13.3. The van der Waals surface area contributed by atoms with E-state index >= 15 is 0 Å². The summed E-state index contributed by atoms with van der Waals surface area (Å²) in [6.07, 6.45) is 2.10. The molecule has 3 rings (SSSR count). The van der Waals surface area contributed by atoms with E-state index in [4.69, 9.17) is 12.2 Å². The third kappa shape index (κ3) is 2.97. The minimum absolute atomic E-state index is 0.239. The van der Waals surface area contributed by atoms with Crippen LogP contribution in [0.4, 0.5) is 0 Å². The maximum absolute atomic E-state index is 5.22. The molecular formula is C18H19N3S. The molecule has 0 aliphatic heterocycles. The van der Waals surface area contributed by atoms with E-state index < -0.39 is 0 Å². The van der Waals surface area contributed by atoms with Crippen LogP contribution in [0.5, 0.6) is 0 Å². The van der Waals surface area contributed by atoms with Gasteiger partial charge in [-0.15, -0.1) is 0 Å². The second kappa shape index (κ2) is 6.62. The standard InChI is InChI=1S/C18H19N3S/c1-19-18(22)21-11-15(13-7-3-2-4-8-13)16-12-20-17-10-6-5-9-14(16)17/h2-10,12,15,20H,11H2,1H3,(H2,19,21,22)/t15-/m0/s1. The highest BCUT2D eigenvalue weighted by molar-refractivity contribution is 7.80. The molecule has 0 radical (unpaired) electrons. The summed E-state index contributed by atoms with van der Waals surface area (Å²) >= 11 is 5.22. The summed E-state index contributed by atoms with van der Waals surface area (Å²) in [5.74, 6) is 0.239. The van der Waals surface area contributed by atoms with E-state index in [1.54, 1.807) is 0 Å². The minimum atomic E-state index is 0.239. The van der Waals surface area contributed by atoms with E-state index in [0.717, 1.165) is 12.1 Å². The maximum atomic E-state index is 5.22. The van der Waals surface area contributed by atoms with Crippen LogP contribution in [0, 0.1) is 0 Å². The number of fused-ring (bicyclic) bond motifs is 1. The quantitative estimate of drug-likeness (QED) is 0.647. The number of benzene rings is 2. The van der Waals surface area contributed by atoms with Gasteiger partial charge in [-0.05, 0) is 29.4 Å². The third-order valence-corrected chi connectivity index (χ3v) is 4.24. The highest BCUT2D eigenvalue weighted by Gasteiger charge is 2.18. The van der Waals surface area contributed by atoms with Crippen molar-refractivity contribution in [2.75, 3.05) is 13.6 Å². The van der Waals surface area contributed by atoms with Crippen LogP contribution >= 0.6 is 12.2 Å². The van der Waals surface area contributed by atoms with Crippen LogP contribution in [0.15, 0.2) is 60.8 Å². The monoisotopic (exact) mass is 309 g/mol. The molecule has 3 N–H and O–H groups in total. The Bertz CT molecular complexity index is 764. The van der Waals surface area contributed by atoms with E-state index in [-0.39, 0.29) is 5.92 Å². The van der Waals surface area contributed by atoms with Crippen LogP contribution in [0.1, 0.15) is 17.0 Å². The molecule has 0 amide bonds. The van der Waals surface area contributed by atoms with E-state index in [1.165, 1.54) is 16.5 Å². The number of rotatable bonds is 4. The number of aromatic nitrogens is 1. The largest absolute Gasteiger partial charge is 0.366 e. The van der Waals surface area contributed by atoms with Gasteiger partial charge in [0.25, 0.3) is 0 Å². The first-order valence-electron chi connectivity index (χ1n) is 7.36. The molecule has 0 spiro atoms. The second-order valence-electron chi connectivity index (χ2n) is 5.21. The van der Waals surface area contributed by atoms with Crippen molar-refractivity contribution in [1.29, 1.82) is 0 Å². The SMILES string of the molecule is CNC(=S)NC[C@@H](c1ccccc1)c1c[nH]c2ccccc12. The Hall–Kier alpha value is -2.33. The van der Waals surface area contributed by atoms with Crippen LogP contribution in [0.25, 0.3) is 10.9 Å². The van der Waals surface area contributed by atoms with Crippen LogP contribution in [0.2, 0.25) is 0 Å². The summed E-state index contributed by atoms with van der Waals surface area (Å²) in [7, 11) is 1.83. The molecule has 3 nitrogen and oxygen atoms in total. The van der Waals surface area contributed by atoms with Gasteiger partial charge < -0.3 is 15.6 Å². The minimum Gasteiger partial charge on any atom is -0.366 e. The van der Waals surface area contributed by atoms with E-state index in [2.05, 4.69) is 70.3 Å². The van der Waals surface area contributed by atoms with Crippen molar-refractivity contribution < 1.29 is 0 Å². The molecule has 0 saturated carbocycles. The first kappa shape index (κ1) is 14.6. The number of hydrogen-bond acceptors (Lipinski definition) is 1. The Morgan fingerprint density at radius 2 is 1.82 bits per heavy atom. The fraction of sp³-hybridized carbons (Fsp3) is 0.167. The molecule has 0 saturated heterocycles. The zero-order valence-electron chi connectivity index (χ0n) is 12.5. The molecule has 2 aromatic carbocycles. The van der Waals surface area contributed by atoms with Crippen LogP contribution in [0.3, 0.4) is 0 Å². The summed E-state index contributed by atoms with van der Waals surface area (Å²) in [6.45, 7) is 0.755. The lowest BCUT2D eigenvalue weighted by molar-refractivity contribution is 0.755. The van der Waals surface area contributed by atoms with Crippen LogP contribution in [-0.2, 0) is 0 Å². The number of aromatic amines is 1. The van der Waals surface area contributed by atoms with E-state index in [1.807, 2.05) is 13.1 Å². The predicted molar refractivity (Wildman–Crippen MR) is 96.2 cm³/mol. The molecular weight excluding hydrogens is 290 g/mol. The Labute approximate surface area is 135 Å². The highest BCUT2D eigenvalue weighted by atomic mass is 32.1. The van der Waals surface area contributed by atoms with Gasteiger partial charge in [-0.3, -0.25) is 0 Å². The average Bonchev–Trinajstić information content (AvgIpc) is 3.00. The number of hydrogen-bond donors (Lipinski definition) is 3. The summed E-state index contributed by atoms with van der Waals surface area (Å²) in [5, 5.41) is 8.18. The molecule has 1 atom stereocenters. The lowest BCUT2D eigenvalue weighted by Gasteiger charge is -2.19. The fourth-order valence-corrected chi connectivity index (χ4v) is 2.84. The second-order valence-corrected chi connectivity index (χ2v) is 5.62. The Balaban J connectivity index is 1.99. The number of para-hydroxylation sites is 1. The summed E-state index contributed by atoms with van der Waals surface area (Å²) in [4.78, 5) is 3.36.